The maximum Gasteiger partial charge on any atom is 0.263 e. The van der Waals surface area contributed by atoms with Crippen LogP contribution in [-0.2, 0) is 17.6 Å². The van der Waals surface area contributed by atoms with Gasteiger partial charge in [0.1, 0.15) is 22.9 Å². The molecule has 1 fully saturated rings. The molecule has 260 valence electrons. The normalized spacial score (nSPS) is 20.2. The van der Waals surface area contributed by atoms with Crippen LogP contribution in [0, 0.1) is 5.82 Å². The lowest BCUT2D eigenvalue weighted by molar-refractivity contribution is -0.129. The van der Waals surface area contributed by atoms with Crippen LogP contribution >= 0.6 is 0 Å². The van der Waals surface area contributed by atoms with E-state index in [1.807, 2.05) is 36.4 Å². The van der Waals surface area contributed by atoms with Gasteiger partial charge >= 0.3 is 0 Å². The molecule has 1 aliphatic carbocycles. The summed E-state index contributed by atoms with van der Waals surface area (Å²) in [5.41, 5.74) is 3.89. The van der Waals surface area contributed by atoms with E-state index in [0.29, 0.717) is 17.7 Å². The number of fused-ring (bicyclic) bond motifs is 2. The van der Waals surface area contributed by atoms with Gasteiger partial charge in [0.25, 0.3) is 11.8 Å². The van der Waals surface area contributed by atoms with Gasteiger partial charge in [-0.3, -0.25) is 9.59 Å². The van der Waals surface area contributed by atoms with E-state index >= 15 is 0 Å². The molecule has 9 heteroatoms. The van der Waals surface area contributed by atoms with Crippen molar-refractivity contribution in [2.45, 2.75) is 81.8 Å². The van der Waals surface area contributed by atoms with Crippen LogP contribution in [0.25, 0.3) is 0 Å². The Labute approximate surface area is 292 Å². The Balaban J connectivity index is 1.11. The highest BCUT2D eigenvalue weighted by molar-refractivity contribution is 6.07. The van der Waals surface area contributed by atoms with Gasteiger partial charge in [-0.05, 0) is 80.0 Å². The van der Waals surface area contributed by atoms with E-state index in [9.17, 15) is 19.1 Å². The third-order valence-corrected chi connectivity index (χ3v) is 10.3. The molecule has 2 heterocycles. The van der Waals surface area contributed by atoms with Gasteiger partial charge in [-0.2, -0.15) is 0 Å². The van der Waals surface area contributed by atoms with Crippen LogP contribution in [-0.4, -0.2) is 53.9 Å². The van der Waals surface area contributed by atoms with Crippen LogP contribution < -0.4 is 25.0 Å². The molecule has 2 unspecified atom stereocenters. The van der Waals surface area contributed by atoms with E-state index in [2.05, 4.69) is 35.8 Å². The van der Waals surface area contributed by atoms with Crippen LogP contribution in [0.5, 0.6) is 11.5 Å². The molecule has 4 aromatic carbocycles. The molecule has 1 spiro atoms. The Kier molecular flexibility index (Phi) is 9.88. The average molecular weight is 678 g/mol. The lowest BCUT2D eigenvalue weighted by Gasteiger charge is -2.41. The summed E-state index contributed by atoms with van der Waals surface area (Å²) >= 11 is 0. The molecule has 3 aliphatic rings. The van der Waals surface area contributed by atoms with E-state index in [1.54, 1.807) is 24.3 Å². The number of aliphatic hydroxyl groups excluding tert-OH is 1. The number of aryl methyl sites for hydroxylation is 1. The molecule has 1 saturated carbocycles. The van der Waals surface area contributed by atoms with Crippen LogP contribution in [0.2, 0.25) is 0 Å². The number of hydrogen-bond acceptors (Lipinski definition) is 6. The topological polar surface area (TPSA) is 100 Å². The second-order valence-electron chi connectivity index (χ2n) is 13.8. The fourth-order valence-corrected chi connectivity index (χ4v) is 7.61. The molecule has 3 N–H and O–H groups in total. The lowest BCUT2D eigenvalue weighted by Crippen LogP contribution is -2.56. The van der Waals surface area contributed by atoms with E-state index in [4.69, 9.17) is 9.47 Å². The minimum absolute atomic E-state index is 0.0169. The number of carbonyl (C=O) groups excluding carboxylic acids is 2. The molecular formula is C41H44FN3O5. The number of benzene rings is 4. The third-order valence-electron chi connectivity index (χ3n) is 10.3. The first kappa shape index (κ1) is 33.8. The first-order chi connectivity index (χ1) is 24.3. The van der Waals surface area contributed by atoms with Crippen molar-refractivity contribution >= 4 is 17.5 Å². The fourth-order valence-electron chi connectivity index (χ4n) is 7.61. The van der Waals surface area contributed by atoms with Crippen molar-refractivity contribution in [2.24, 2.45) is 0 Å². The third kappa shape index (κ3) is 7.25. The van der Waals surface area contributed by atoms with E-state index < -0.39 is 30.0 Å². The van der Waals surface area contributed by atoms with Crippen molar-refractivity contribution in [1.82, 2.24) is 10.6 Å². The molecule has 0 aromatic heterocycles. The van der Waals surface area contributed by atoms with Crippen LogP contribution in [0.3, 0.4) is 0 Å². The van der Waals surface area contributed by atoms with Crippen LogP contribution in [0.4, 0.5) is 10.1 Å². The number of anilines is 1. The molecule has 4 atom stereocenters. The summed E-state index contributed by atoms with van der Waals surface area (Å²) in [4.78, 5) is 29.1. The molecule has 2 aliphatic heterocycles. The highest BCUT2D eigenvalue weighted by Crippen LogP contribution is 2.47. The van der Waals surface area contributed by atoms with Crippen molar-refractivity contribution in [3.05, 3.63) is 125 Å². The van der Waals surface area contributed by atoms with Gasteiger partial charge in [0.15, 0.2) is 6.10 Å². The van der Waals surface area contributed by atoms with Crippen molar-refractivity contribution in [1.29, 1.82) is 0 Å². The van der Waals surface area contributed by atoms with Gasteiger partial charge in [0.05, 0.1) is 24.4 Å². The van der Waals surface area contributed by atoms with Gasteiger partial charge < -0.3 is 30.1 Å². The summed E-state index contributed by atoms with van der Waals surface area (Å²) < 4.78 is 27.0. The second kappa shape index (κ2) is 14.6. The SMILES string of the molecule is CCc1ccc2c(c1)C(NC[C@@H](O)[C@H](Cc1ccccc1)NC(=O)C1CN(C(=O)c3ccccc3)c3ccc(F)cc3O1)CC1(CCCC1)O2. The molecule has 0 bridgehead atoms. The van der Waals surface area contributed by atoms with Gasteiger partial charge in [0.2, 0.25) is 0 Å². The number of rotatable bonds is 10. The molecule has 0 saturated heterocycles. The largest absolute Gasteiger partial charge is 0.487 e. The predicted octanol–water partition coefficient (Wildman–Crippen LogP) is 6.31. The van der Waals surface area contributed by atoms with E-state index in [-0.39, 0.29) is 36.4 Å². The number of ether oxygens (including phenoxy) is 2. The van der Waals surface area contributed by atoms with Crippen molar-refractivity contribution < 1.29 is 28.6 Å². The van der Waals surface area contributed by atoms with E-state index in [0.717, 1.165) is 55.4 Å². The smallest absolute Gasteiger partial charge is 0.263 e. The first-order valence-electron chi connectivity index (χ1n) is 17.7. The highest BCUT2D eigenvalue weighted by atomic mass is 19.1. The van der Waals surface area contributed by atoms with Crippen molar-refractivity contribution in [3.8, 4) is 11.5 Å². The average Bonchev–Trinajstić information content (AvgIpc) is 3.59. The zero-order valence-corrected chi connectivity index (χ0v) is 28.3. The van der Waals surface area contributed by atoms with Gasteiger partial charge in [-0.25, -0.2) is 4.39 Å². The van der Waals surface area contributed by atoms with Crippen LogP contribution in [0.1, 0.15) is 72.1 Å². The van der Waals surface area contributed by atoms with Gasteiger partial charge in [0, 0.05) is 36.2 Å². The molecule has 7 rings (SSSR count). The summed E-state index contributed by atoms with van der Waals surface area (Å²) in [7, 11) is 0. The zero-order valence-electron chi connectivity index (χ0n) is 28.3. The number of carbonyl (C=O) groups is 2. The Morgan fingerprint density at radius 3 is 2.42 bits per heavy atom. The molecule has 2 amide bonds. The number of hydrogen-bond donors (Lipinski definition) is 3. The maximum atomic E-state index is 14.4. The summed E-state index contributed by atoms with van der Waals surface area (Å²) in [5, 5.41) is 18.5. The molecule has 4 aromatic rings. The second-order valence-corrected chi connectivity index (χ2v) is 13.8. The molecule has 8 nitrogen and oxygen atoms in total. The minimum Gasteiger partial charge on any atom is -0.487 e. The standard InChI is InChI=1S/C41H44FN3O5/c1-2-27-15-18-36-31(21-27)33(24-41(50-36)19-9-10-20-41)43-25-35(46)32(22-28-11-5-3-6-12-28)44-39(47)38-26-45(40(48)29-13-7-4-8-14-29)34-17-16-30(42)23-37(34)49-38/h3-8,11-18,21,23,32-33,35,38,43,46H,2,9-10,19-20,22,24-26H2,1H3,(H,44,47)/t32-,33?,35+,38?/m0/s1. The number of halogens is 1. The predicted molar refractivity (Wildman–Crippen MR) is 190 cm³/mol. The summed E-state index contributed by atoms with van der Waals surface area (Å²) in [6.45, 7) is 2.28. The number of aliphatic hydroxyl groups is 1. The molecule has 0 radical (unpaired) electrons. The quantitative estimate of drug-likeness (QED) is 0.182. The Morgan fingerprint density at radius 1 is 0.940 bits per heavy atom. The first-order valence-corrected chi connectivity index (χ1v) is 17.7. The lowest BCUT2D eigenvalue weighted by atomic mass is 9.85. The zero-order chi connectivity index (χ0) is 34.7. The number of nitrogens with zero attached hydrogens (tertiary/aromatic N) is 1. The summed E-state index contributed by atoms with van der Waals surface area (Å²) in [5.74, 6) is -0.363. The Morgan fingerprint density at radius 2 is 1.68 bits per heavy atom. The molecular weight excluding hydrogens is 633 g/mol. The maximum absolute atomic E-state index is 14.4. The van der Waals surface area contributed by atoms with Crippen LogP contribution in [0.15, 0.2) is 97.1 Å². The Hall–Kier alpha value is -4.73. The van der Waals surface area contributed by atoms with Gasteiger partial charge in [-0.15, -0.1) is 0 Å². The highest BCUT2D eigenvalue weighted by Gasteiger charge is 2.43. The summed E-state index contributed by atoms with van der Waals surface area (Å²) in [6, 6.07) is 28.1. The van der Waals surface area contributed by atoms with Gasteiger partial charge in [-0.1, -0.05) is 67.6 Å². The number of amides is 2. The minimum atomic E-state index is -1.13. The monoisotopic (exact) mass is 677 g/mol. The Bertz CT molecular complexity index is 1810. The summed E-state index contributed by atoms with van der Waals surface area (Å²) in [6.07, 6.45) is 4.28. The number of nitrogens with one attached hydrogen (secondary N) is 2. The van der Waals surface area contributed by atoms with Crippen molar-refractivity contribution in [2.75, 3.05) is 18.0 Å². The fraction of sp³-hybridized carbons (Fsp3) is 0.366. The van der Waals surface area contributed by atoms with Crippen molar-refractivity contribution in [3.63, 3.8) is 0 Å². The van der Waals surface area contributed by atoms with E-state index in [1.165, 1.54) is 28.7 Å². The molecule has 50 heavy (non-hydrogen) atoms.